The van der Waals surface area contributed by atoms with Gasteiger partial charge < -0.3 is 9.64 Å². The van der Waals surface area contributed by atoms with Gasteiger partial charge in [-0.3, -0.25) is 4.79 Å². The van der Waals surface area contributed by atoms with Crippen LogP contribution in [0.3, 0.4) is 0 Å². The molecule has 3 nitrogen and oxygen atoms in total. The number of nitrogens with zero attached hydrogens (tertiary/aromatic N) is 1. The van der Waals surface area contributed by atoms with Crippen LogP contribution < -0.4 is 0 Å². The summed E-state index contributed by atoms with van der Waals surface area (Å²) in [7, 11) is 0. The molecule has 0 aliphatic rings. The minimum Gasteiger partial charge on any atom is -0.460 e. The summed E-state index contributed by atoms with van der Waals surface area (Å²) in [5.74, 6) is -0.0444. The lowest BCUT2D eigenvalue weighted by Gasteiger charge is -2.22. The Hall–Kier alpha value is -0.570. The van der Waals surface area contributed by atoms with E-state index in [0.717, 1.165) is 12.8 Å². The van der Waals surface area contributed by atoms with Crippen LogP contribution in [0.5, 0.6) is 0 Å². The van der Waals surface area contributed by atoms with Crippen LogP contribution in [0.2, 0.25) is 0 Å². The second-order valence-electron chi connectivity index (χ2n) is 10.8. The Balaban J connectivity index is 3.97. The smallest absolute Gasteiger partial charge is 0.306 e. The Kier molecular flexibility index (Phi) is 21.8. The first kappa shape index (κ1) is 31.4. The van der Waals surface area contributed by atoms with E-state index in [9.17, 15) is 4.79 Å². The molecule has 0 saturated heterocycles. The number of esters is 1. The van der Waals surface area contributed by atoms with Crippen molar-refractivity contribution in [3.8, 4) is 0 Å². The Labute approximate surface area is 202 Å². The fourth-order valence-corrected chi connectivity index (χ4v) is 4.27. The van der Waals surface area contributed by atoms with Gasteiger partial charge >= 0.3 is 5.97 Å². The predicted octanol–water partition coefficient (Wildman–Crippen LogP) is 9.08. The van der Waals surface area contributed by atoms with Gasteiger partial charge in [0, 0.05) is 6.42 Å². The van der Waals surface area contributed by atoms with Crippen molar-refractivity contribution in [2.45, 2.75) is 162 Å². The summed E-state index contributed by atoms with van der Waals surface area (Å²) in [6, 6.07) is 0. The van der Waals surface area contributed by atoms with Crippen molar-refractivity contribution < 1.29 is 9.53 Å². The summed E-state index contributed by atoms with van der Waals surface area (Å²) in [6.45, 7) is 14.2. The van der Waals surface area contributed by atoms with E-state index in [4.69, 9.17) is 4.74 Å². The third kappa shape index (κ3) is 24.1. The maximum absolute atomic E-state index is 11.8. The van der Waals surface area contributed by atoms with Gasteiger partial charge in [-0.15, -0.1) is 0 Å². The van der Waals surface area contributed by atoms with Gasteiger partial charge in [-0.05, 0) is 66.1 Å². The Morgan fingerprint density at radius 2 is 0.906 bits per heavy atom. The van der Waals surface area contributed by atoms with Crippen LogP contribution in [0, 0.1) is 0 Å². The molecule has 0 aliphatic heterocycles. The molecule has 192 valence electrons. The van der Waals surface area contributed by atoms with Crippen molar-refractivity contribution in [1.82, 2.24) is 4.90 Å². The molecule has 0 radical (unpaired) electrons. The van der Waals surface area contributed by atoms with Crippen molar-refractivity contribution in [1.29, 1.82) is 0 Å². The summed E-state index contributed by atoms with van der Waals surface area (Å²) >= 11 is 0. The first-order valence-corrected chi connectivity index (χ1v) is 14.3. The molecule has 32 heavy (non-hydrogen) atoms. The van der Waals surface area contributed by atoms with Gasteiger partial charge in [0.2, 0.25) is 0 Å². The highest BCUT2D eigenvalue weighted by Gasteiger charge is 2.15. The van der Waals surface area contributed by atoms with Crippen molar-refractivity contribution in [2.75, 3.05) is 19.6 Å². The molecule has 0 spiro atoms. The SMILES string of the molecule is CCCCCCCCCN(CCCCCCCCC)CCCCCCC(=O)OC(C)(C)C. The van der Waals surface area contributed by atoms with E-state index in [0.29, 0.717) is 6.42 Å². The summed E-state index contributed by atoms with van der Waals surface area (Å²) in [4.78, 5) is 14.6. The first-order chi connectivity index (χ1) is 15.4. The van der Waals surface area contributed by atoms with Crippen LogP contribution in [0.25, 0.3) is 0 Å². The Bertz CT molecular complexity index is 384. The van der Waals surface area contributed by atoms with E-state index < -0.39 is 0 Å². The third-order valence-corrected chi connectivity index (χ3v) is 6.18. The fourth-order valence-electron chi connectivity index (χ4n) is 4.27. The molecule has 0 aromatic heterocycles. The highest BCUT2D eigenvalue weighted by atomic mass is 16.6. The van der Waals surface area contributed by atoms with Gasteiger partial charge in [0.25, 0.3) is 0 Å². The van der Waals surface area contributed by atoms with Crippen molar-refractivity contribution >= 4 is 5.97 Å². The lowest BCUT2D eigenvalue weighted by atomic mass is 10.1. The molecule has 0 heterocycles. The lowest BCUT2D eigenvalue weighted by molar-refractivity contribution is -0.154. The average molecular weight is 454 g/mol. The molecule has 0 amide bonds. The molecule has 0 aromatic rings. The van der Waals surface area contributed by atoms with E-state index in [1.165, 1.54) is 122 Å². The lowest BCUT2D eigenvalue weighted by Crippen LogP contribution is -2.27. The van der Waals surface area contributed by atoms with Crippen molar-refractivity contribution in [2.24, 2.45) is 0 Å². The molecule has 0 unspecified atom stereocenters. The number of carbonyl (C=O) groups excluding carboxylic acids is 1. The molecule has 0 aromatic carbocycles. The van der Waals surface area contributed by atoms with Crippen LogP contribution >= 0.6 is 0 Å². The van der Waals surface area contributed by atoms with Crippen LogP contribution in [-0.2, 0) is 9.53 Å². The summed E-state index contributed by atoms with van der Waals surface area (Å²) < 4.78 is 5.41. The molecular formula is C29H59NO2. The molecular weight excluding hydrogens is 394 g/mol. The van der Waals surface area contributed by atoms with Gasteiger partial charge in [0.05, 0.1) is 0 Å². The largest absolute Gasteiger partial charge is 0.460 e. The zero-order chi connectivity index (χ0) is 23.9. The Morgan fingerprint density at radius 3 is 1.28 bits per heavy atom. The van der Waals surface area contributed by atoms with Crippen LogP contribution in [0.1, 0.15) is 157 Å². The number of hydrogen-bond acceptors (Lipinski definition) is 3. The number of ether oxygens (including phenoxy) is 1. The maximum Gasteiger partial charge on any atom is 0.306 e. The number of rotatable bonds is 23. The third-order valence-electron chi connectivity index (χ3n) is 6.18. The zero-order valence-corrected chi connectivity index (χ0v) is 22.8. The van der Waals surface area contributed by atoms with Gasteiger partial charge in [0.1, 0.15) is 5.60 Å². The second-order valence-corrected chi connectivity index (χ2v) is 10.8. The number of hydrogen-bond donors (Lipinski definition) is 0. The predicted molar refractivity (Wildman–Crippen MR) is 141 cm³/mol. The second kappa shape index (κ2) is 22.2. The van der Waals surface area contributed by atoms with Gasteiger partial charge in [-0.2, -0.15) is 0 Å². The monoisotopic (exact) mass is 453 g/mol. The Morgan fingerprint density at radius 1 is 0.562 bits per heavy atom. The van der Waals surface area contributed by atoms with Gasteiger partial charge in [0.15, 0.2) is 0 Å². The van der Waals surface area contributed by atoms with Crippen LogP contribution in [0.15, 0.2) is 0 Å². The standard InChI is InChI=1S/C29H59NO2/c1-6-8-10-12-14-17-21-25-30(26-22-18-15-13-11-9-7-2)27-23-19-16-20-24-28(31)32-29(3,4)5/h6-27H2,1-5H3. The van der Waals surface area contributed by atoms with Crippen molar-refractivity contribution in [3.63, 3.8) is 0 Å². The molecule has 0 saturated carbocycles. The number of carbonyl (C=O) groups is 1. The van der Waals surface area contributed by atoms with Crippen molar-refractivity contribution in [3.05, 3.63) is 0 Å². The quantitative estimate of drug-likeness (QED) is 0.114. The topological polar surface area (TPSA) is 29.5 Å². The zero-order valence-electron chi connectivity index (χ0n) is 22.8. The normalized spacial score (nSPS) is 11.9. The van der Waals surface area contributed by atoms with Gasteiger partial charge in [-0.25, -0.2) is 0 Å². The number of unbranched alkanes of at least 4 members (excludes halogenated alkanes) is 15. The highest BCUT2D eigenvalue weighted by Crippen LogP contribution is 2.13. The molecule has 0 rings (SSSR count). The minimum absolute atomic E-state index is 0.0444. The molecule has 0 fully saturated rings. The molecule has 3 heteroatoms. The van der Waals surface area contributed by atoms with Crippen LogP contribution in [0.4, 0.5) is 0 Å². The van der Waals surface area contributed by atoms with Crippen LogP contribution in [-0.4, -0.2) is 36.1 Å². The summed E-state index contributed by atoms with van der Waals surface area (Å²) in [5.41, 5.74) is -0.358. The minimum atomic E-state index is -0.358. The molecule has 0 bridgehead atoms. The molecule has 0 aliphatic carbocycles. The van der Waals surface area contributed by atoms with E-state index in [1.54, 1.807) is 0 Å². The maximum atomic E-state index is 11.8. The average Bonchev–Trinajstić information content (AvgIpc) is 2.72. The van der Waals surface area contributed by atoms with E-state index in [-0.39, 0.29) is 11.6 Å². The first-order valence-electron chi connectivity index (χ1n) is 14.3. The fraction of sp³-hybridized carbons (Fsp3) is 0.966. The molecule has 0 N–H and O–H groups in total. The summed E-state index contributed by atoms with van der Waals surface area (Å²) in [5, 5.41) is 0. The van der Waals surface area contributed by atoms with Gasteiger partial charge in [-0.1, -0.05) is 104 Å². The highest BCUT2D eigenvalue weighted by molar-refractivity contribution is 5.69. The van der Waals surface area contributed by atoms with E-state index >= 15 is 0 Å². The summed E-state index contributed by atoms with van der Waals surface area (Å²) in [6.07, 6.45) is 24.7. The van der Waals surface area contributed by atoms with E-state index in [2.05, 4.69) is 18.7 Å². The van der Waals surface area contributed by atoms with E-state index in [1.807, 2.05) is 20.8 Å². The molecule has 0 atom stereocenters.